The van der Waals surface area contributed by atoms with Crippen LogP contribution in [-0.4, -0.2) is 97.2 Å². The zero-order valence-corrected chi connectivity index (χ0v) is 19.4. The minimum atomic E-state index is -1.34. The van der Waals surface area contributed by atoms with Crippen LogP contribution >= 0.6 is 23.1 Å². The topological polar surface area (TPSA) is 203 Å². The number of carboxylic acid groups (broad SMARTS) is 1. The Morgan fingerprint density at radius 1 is 1.44 bits per heavy atom. The van der Waals surface area contributed by atoms with Gasteiger partial charge in [0, 0.05) is 11.1 Å². The molecule has 1 unspecified atom stereocenters. The fraction of sp³-hybridized carbons (Fsp3) is 0.211. The fourth-order valence-corrected chi connectivity index (χ4v) is 5.25. The van der Waals surface area contributed by atoms with Gasteiger partial charge in [-0.15, -0.1) is 23.1 Å². The van der Waals surface area contributed by atoms with Crippen molar-refractivity contribution in [3.05, 3.63) is 56.4 Å². The first kappa shape index (κ1) is 27.4. The summed E-state index contributed by atoms with van der Waals surface area (Å²) < 4.78 is 5.03. The SMILES string of the molecule is CO/N=C(/C(=O)NC1C(=O)N2C(C(=O)O)=C(/C=C/c3ccc([N+](=O)[O-])o3)CS[C@H]12)c1csc(N)n1.[NaH]. The number of nitrogen functional groups attached to an aromatic ring is 1. The van der Waals surface area contributed by atoms with E-state index in [4.69, 9.17) is 15.0 Å². The third-order valence-corrected chi connectivity index (χ3v) is 6.87. The number of furan rings is 1. The number of nitrogens with two attached hydrogens (primary N) is 1. The molecule has 184 valence electrons. The van der Waals surface area contributed by atoms with Crippen molar-refractivity contribution in [1.29, 1.82) is 0 Å². The summed E-state index contributed by atoms with van der Waals surface area (Å²) in [6.07, 6.45) is 2.80. The Balaban J connectivity index is 0.00000361. The van der Waals surface area contributed by atoms with Crippen molar-refractivity contribution in [2.24, 2.45) is 5.16 Å². The Morgan fingerprint density at radius 2 is 2.19 bits per heavy atom. The normalized spacial score (nSPS) is 19.4. The number of carbonyl (C=O) groups excluding carboxylic acids is 2. The van der Waals surface area contributed by atoms with E-state index in [1.165, 1.54) is 48.5 Å². The van der Waals surface area contributed by atoms with Gasteiger partial charge in [-0.2, -0.15) is 0 Å². The van der Waals surface area contributed by atoms with Crippen LogP contribution in [0.1, 0.15) is 11.5 Å². The predicted molar refractivity (Wildman–Crippen MR) is 131 cm³/mol. The number of β-lactam (4-membered cyclic amide) rings is 1. The first-order valence-corrected chi connectivity index (χ1v) is 11.6. The van der Waals surface area contributed by atoms with Crippen LogP contribution in [0.2, 0.25) is 0 Å². The Bertz CT molecular complexity index is 1320. The number of oxime groups is 1. The molecular formula is C19H17N6NaO8S2. The van der Waals surface area contributed by atoms with Gasteiger partial charge < -0.3 is 25.4 Å². The number of carbonyl (C=O) groups is 3. The number of carboxylic acids is 1. The number of rotatable bonds is 8. The summed E-state index contributed by atoms with van der Waals surface area (Å²) in [5, 5.41) is 27.8. The number of thiazole rings is 1. The number of anilines is 1. The van der Waals surface area contributed by atoms with Crippen LogP contribution in [0.4, 0.5) is 11.0 Å². The van der Waals surface area contributed by atoms with Crippen molar-refractivity contribution in [2.75, 3.05) is 18.6 Å². The number of nitrogens with one attached hydrogen (secondary N) is 1. The Hall–Kier alpha value is -3.18. The summed E-state index contributed by atoms with van der Waals surface area (Å²) in [6.45, 7) is 0. The summed E-state index contributed by atoms with van der Waals surface area (Å²) >= 11 is 2.34. The van der Waals surface area contributed by atoms with Crippen LogP contribution in [0.3, 0.4) is 0 Å². The number of allylic oxidation sites excluding steroid dienone is 1. The van der Waals surface area contributed by atoms with E-state index in [0.717, 1.165) is 16.2 Å². The molecular weight excluding hydrogens is 527 g/mol. The Morgan fingerprint density at radius 3 is 2.78 bits per heavy atom. The number of nitro groups is 1. The fourth-order valence-electron chi connectivity index (χ4n) is 3.39. The van der Waals surface area contributed by atoms with Gasteiger partial charge >= 0.3 is 41.4 Å². The second-order valence-electron chi connectivity index (χ2n) is 7.00. The van der Waals surface area contributed by atoms with E-state index in [2.05, 4.69) is 15.5 Å². The number of nitrogens with zero attached hydrogens (tertiary/aromatic N) is 4. The third kappa shape index (κ3) is 5.31. The number of fused-ring (bicyclic) bond motifs is 1. The number of aliphatic carboxylic acids is 1. The molecule has 4 heterocycles. The van der Waals surface area contributed by atoms with Gasteiger partial charge in [0.05, 0.1) is 6.07 Å². The van der Waals surface area contributed by atoms with Crippen LogP contribution < -0.4 is 11.1 Å². The summed E-state index contributed by atoms with van der Waals surface area (Å²) in [7, 11) is 1.25. The maximum absolute atomic E-state index is 12.8. The Kier molecular flexibility index (Phi) is 8.57. The predicted octanol–water partition coefficient (Wildman–Crippen LogP) is 0.381. The molecule has 36 heavy (non-hydrogen) atoms. The zero-order valence-electron chi connectivity index (χ0n) is 17.7. The Labute approximate surface area is 232 Å². The molecule has 2 atom stereocenters. The van der Waals surface area contributed by atoms with Gasteiger partial charge in [-0.1, -0.05) is 11.2 Å². The number of hydrogen-bond donors (Lipinski definition) is 3. The number of aromatic nitrogens is 1. The van der Waals surface area contributed by atoms with Crippen LogP contribution in [0.25, 0.3) is 6.08 Å². The first-order valence-electron chi connectivity index (χ1n) is 9.68. The van der Waals surface area contributed by atoms with Gasteiger partial charge in [0.25, 0.3) is 11.8 Å². The molecule has 2 aliphatic heterocycles. The van der Waals surface area contributed by atoms with Gasteiger partial charge in [-0.25, -0.2) is 9.78 Å². The van der Waals surface area contributed by atoms with Gasteiger partial charge in [0.2, 0.25) is 0 Å². The molecule has 2 amide bonds. The molecule has 0 aromatic carbocycles. The zero-order chi connectivity index (χ0) is 25.3. The van der Waals surface area contributed by atoms with Gasteiger partial charge in [0.15, 0.2) is 10.8 Å². The van der Waals surface area contributed by atoms with Crippen LogP contribution in [-0.2, 0) is 19.2 Å². The van der Waals surface area contributed by atoms with Crippen molar-refractivity contribution < 1.29 is 33.7 Å². The van der Waals surface area contributed by atoms with Gasteiger partial charge in [0.1, 0.15) is 40.6 Å². The van der Waals surface area contributed by atoms with E-state index in [1.54, 1.807) is 0 Å². The molecule has 17 heteroatoms. The van der Waals surface area contributed by atoms with E-state index in [1.807, 2.05) is 0 Å². The van der Waals surface area contributed by atoms with Crippen molar-refractivity contribution in [2.45, 2.75) is 11.4 Å². The number of amides is 2. The molecule has 14 nitrogen and oxygen atoms in total. The second kappa shape index (κ2) is 11.3. The van der Waals surface area contributed by atoms with Gasteiger partial charge in [-0.05, 0) is 17.7 Å². The molecule has 1 saturated heterocycles. The standard InChI is InChI=1S/C19H16N6O8S2.Na.H/c1-32-23-12(10-7-35-19(20)21-10)15(26)22-13-16(27)24-14(18(28)29)8(6-34-17(13)24)2-3-9-4-5-11(33-9)25(30)31;;/h2-5,7,13,17H,6H2,1H3,(H2,20,21)(H,22,26)(H,28,29);;/b3-2+,23-12+;;/t13?,17-;;/m1../s1. The van der Waals surface area contributed by atoms with E-state index < -0.39 is 40.0 Å². The maximum atomic E-state index is 12.8. The van der Waals surface area contributed by atoms with E-state index in [-0.39, 0.29) is 63.3 Å². The van der Waals surface area contributed by atoms with Crippen LogP contribution in [0.15, 0.2) is 44.4 Å². The molecule has 0 bridgehead atoms. The van der Waals surface area contributed by atoms with Gasteiger partial charge in [-0.3, -0.25) is 24.6 Å². The summed E-state index contributed by atoms with van der Waals surface area (Å²) in [4.78, 5) is 57.4. The van der Waals surface area contributed by atoms with Crippen LogP contribution in [0, 0.1) is 10.1 Å². The average molecular weight is 545 g/mol. The van der Waals surface area contributed by atoms with E-state index >= 15 is 0 Å². The summed E-state index contributed by atoms with van der Waals surface area (Å²) in [6, 6.07) is 1.54. The molecule has 2 aromatic heterocycles. The van der Waals surface area contributed by atoms with Crippen LogP contribution in [0.5, 0.6) is 0 Å². The molecule has 0 spiro atoms. The van der Waals surface area contributed by atoms with Crippen molar-refractivity contribution >= 4 is 93.2 Å². The first-order chi connectivity index (χ1) is 16.7. The molecule has 0 radical (unpaired) electrons. The number of thioether (sulfide) groups is 1. The minimum absolute atomic E-state index is 0. The van der Waals surface area contributed by atoms with Crippen molar-refractivity contribution in [1.82, 2.24) is 15.2 Å². The summed E-state index contributed by atoms with van der Waals surface area (Å²) in [5.41, 5.74) is 5.65. The van der Waals surface area contributed by atoms with Crippen molar-refractivity contribution in [3.63, 3.8) is 0 Å². The number of hydrogen-bond acceptors (Lipinski definition) is 12. The molecule has 2 aromatic rings. The van der Waals surface area contributed by atoms with Crippen molar-refractivity contribution in [3.8, 4) is 0 Å². The van der Waals surface area contributed by atoms with E-state index in [9.17, 15) is 29.6 Å². The molecule has 0 aliphatic carbocycles. The molecule has 4 N–H and O–H groups in total. The summed E-state index contributed by atoms with van der Waals surface area (Å²) in [5.74, 6) is -2.80. The average Bonchev–Trinajstić information content (AvgIpc) is 3.47. The second-order valence-corrected chi connectivity index (χ2v) is 8.99. The van der Waals surface area contributed by atoms with E-state index in [0.29, 0.717) is 5.57 Å². The third-order valence-electron chi connectivity index (χ3n) is 4.89. The quantitative estimate of drug-likeness (QED) is 0.136. The molecule has 1 fully saturated rings. The molecule has 2 aliphatic rings. The molecule has 0 saturated carbocycles. The monoisotopic (exact) mass is 544 g/mol. The molecule has 4 rings (SSSR count).